The van der Waals surface area contributed by atoms with Crippen molar-refractivity contribution in [2.24, 2.45) is 23.2 Å². The van der Waals surface area contributed by atoms with Crippen LogP contribution in [0.4, 0.5) is 0 Å². The molecule has 0 aromatic heterocycles. The summed E-state index contributed by atoms with van der Waals surface area (Å²) in [4.78, 5) is 25.5. The number of rotatable bonds is 10. The average Bonchev–Trinajstić information content (AvgIpc) is 2.91. The second-order valence-corrected chi connectivity index (χ2v) is 13.8. The predicted octanol–water partition coefficient (Wildman–Crippen LogP) is 4.39. The molecule has 2 aromatic rings. The van der Waals surface area contributed by atoms with Crippen molar-refractivity contribution in [1.82, 2.24) is 9.62 Å². The first-order valence-corrected chi connectivity index (χ1v) is 15.2. The fourth-order valence-corrected chi connectivity index (χ4v) is 8.79. The van der Waals surface area contributed by atoms with Crippen molar-refractivity contribution < 1.29 is 27.5 Å². The molecule has 0 saturated heterocycles. The van der Waals surface area contributed by atoms with Crippen LogP contribution in [0.2, 0.25) is 0 Å². The molecule has 0 heterocycles. The summed E-state index contributed by atoms with van der Waals surface area (Å²) in [6, 6.07) is 13.4. The van der Waals surface area contributed by atoms with Crippen LogP contribution in [0.5, 0.6) is 5.75 Å². The first kappa shape index (κ1) is 27.6. The highest BCUT2D eigenvalue weighted by atomic mass is 32.2. The fourth-order valence-electron chi connectivity index (χ4n) is 7.46. The van der Waals surface area contributed by atoms with Gasteiger partial charge in [0.2, 0.25) is 10.0 Å². The van der Waals surface area contributed by atoms with Gasteiger partial charge in [-0.15, -0.1) is 0 Å². The van der Waals surface area contributed by atoms with Gasteiger partial charge in [0.25, 0.3) is 5.91 Å². The van der Waals surface area contributed by atoms with Gasteiger partial charge in [0.15, 0.2) is 6.61 Å². The van der Waals surface area contributed by atoms with E-state index in [1.165, 1.54) is 75.2 Å². The van der Waals surface area contributed by atoms with E-state index in [4.69, 9.17) is 9.47 Å². The van der Waals surface area contributed by atoms with E-state index in [2.05, 4.69) is 12.2 Å². The summed E-state index contributed by atoms with van der Waals surface area (Å²) in [7, 11) is -1.14. The van der Waals surface area contributed by atoms with Crippen LogP contribution in [0, 0.1) is 23.2 Å². The maximum Gasteiger partial charge on any atom is 0.338 e. The van der Waals surface area contributed by atoms with Crippen molar-refractivity contribution in [3.8, 4) is 5.75 Å². The number of nitrogens with zero attached hydrogens (tertiary/aromatic N) is 1. The summed E-state index contributed by atoms with van der Waals surface area (Å²) in [6.07, 6.45) is 7.50. The van der Waals surface area contributed by atoms with Gasteiger partial charge in [-0.25, -0.2) is 13.2 Å². The molecule has 4 bridgehead atoms. The van der Waals surface area contributed by atoms with Crippen molar-refractivity contribution in [1.29, 1.82) is 0 Å². The van der Waals surface area contributed by atoms with E-state index in [9.17, 15) is 18.0 Å². The summed E-state index contributed by atoms with van der Waals surface area (Å²) < 4.78 is 38.5. The third-order valence-electron chi connectivity index (χ3n) is 9.05. The molecule has 4 aliphatic rings. The summed E-state index contributed by atoms with van der Waals surface area (Å²) in [6.45, 7) is 1.82. The number of sulfonamides is 1. The maximum atomic E-state index is 13.4. The zero-order valence-corrected chi connectivity index (χ0v) is 23.7. The van der Waals surface area contributed by atoms with Gasteiger partial charge < -0.3 is 14.8 Å². The van der Waals surface area contributed by atoms with Crippen LogP contribution in [-0.2, 0) is 26.1 Å². The minimum atomic E-state index is -3.98. The van der Waals surface area contributed by atoms with Crippen LogP contribution in [0.15, 0.2) is 53.4 Å². The lowest BCUT2D eigenvalue weighted by atomic mass is 9.48. The zero-order chi connectivity index (χ0) is 27.8. The van der Waals surface area contributed by atoms with Gasteiger partial charge in [-0.1, -0.05) is 30.3 Å². The number of hydrogen-bond acceptors (Lipinski definition) is 6. The van der Waals surface area contributed by atoms with Crippen LogP contribution < -0.4 is 10.1 Å². The number of carbonyl (C=O) groups excluding carboxylic acids is 2. The number of benzene rings is 2. The molecule has 0 spiro atoms. The van der Waals surface area contributed by atoms with E-state index in [1.807, 2.05) is 30.3 Å². The van der Waals surface area contributed by atoms with Crippen molar-refractivity contribution in [3.63, 3.8) is 0 Å². The van der Waals surface area contributed by atoms with Crippen molar-refractivity contribution >= 4 is 21.9 Å². The fraction of sp³-hybridized carbons (Fsp3) is 0.533. The SMILES string of the molecule is COc1ccc(C(=O)OCC(=O)N[C@H](C)C23CC4CC(CC(C4)C2)C3)cc1S(=O)(=O)N(C)Cc1ccccc1. The quantitative estimate of drug-likeness (QED) is 0.437. The Bertz CT molecular complexity index is 1290. The number of methoxy groups -OCH3 is 1. The normalized spacial score (nSPS) is 26.3. The van der Waals surface area contributed by atoms with Crippen LogP contribution in [-0.4, -0.2) is 51.4 Å². The minimum Gasteiger partial charge on any atom is -0.495 e. The molecule has 0 unspecified atom stereocenters. The molecule has 1 N–H and O–H groups in total. The lowest BCUT2D eigenvalue weighted by Crippen LogP contribution is -2.56. The molecule has 9 heteroatoms. The molecule has 39 heavy (non-hydrogen) atoms. The molecule has 0 aliphatic heterocycles. The van der Waals surface area contributed by atoms with Crippen molar-refractivity contribution in [2.45, 2.75) is 62.9 Å². The highest BCUT2D eigenvalue weighted by Crippen LogP contribution is 2.61. The van der Waals surface area contributed by atoms with Crippen LogP contribution >= 0.6 is 0 Å². The molecule has 1 atom stereocenters. The third-order valence-corrected chi connectivity index (χ3v) is 10.9. The molecule has 6 rings (SSSR count). The van der Waals surface area contributed by atoms with E-state index in [-0.39, 0.29) is 40.1 Å². The van der Waals surface area contributed by atoms with E-state index in [0.717, 1.165) is 23.3 Å². The van der Waals surface area contributed by atoms with Crippen LogP contribution in [0.25, 0.3) is 0 Å². The molecular formula is C30H38N2O6S. The minimum absolute atomic E-state index is 0.0231. The first-order chi connectivity index (χ1) is 18.6. The largest absolute Gasteiger partial charge is 0.495 e. The van der Waals surface area contributed by atoms with Gasteiger partial charge in [-0.3, -0.25) is 4.79 Å². The molecular weight excluding hydrogens is 516 g/mol. The second kappa shape index (κ2) is 10.9. The molecule has 210 valence electrons. The zero-order valence-electron chi connectivity index (χ0n) is 22.9. The van der Waals surface area contributed by atoms with Gasteiger partial charge in [-0.2, -0.15) is 4.31 Å². The van der Waals surface area contributed by atoms with Crippen LogP contribution in [0.3, 0.4) is 0 Å². The monoisotopic (exact) mass is 554 g/mol. The summed E-state index contributed by atoms with van der Waals surface area (Å²) in [5.74, 6) is 1.35. The lowest BCUT2D eigenvalue weighted by Gasteiger charge is -2.59. The molecule has 0 radical (unpaired) electrons. The number of esters is 1. The Kier molecular flexibility index (Phi) is 7.75. The van der Waals surface area contributed by atoms with E-state index < -0.39 is 22.6 Å². The van der Waals surface area contributed by atoms with Gasteiger partial charge in [0.1, 0.15) is 10.6 Å². The number of amides is 1. The summed E-state index contributed by atoms with van der Waals surface area (Å²) >= 11 is 0. The Hall–Kier alpha value is -2.91. The Morgan fingerprint density at radius 1 is 1.03 bits per heavy atom. The molecule has 1 amide bonds. The van der Waals surface area contributed by atoms with Gasteiger partial charge in [0, 0.05) is 19.6 Å². The summed E-state index contributed by atoms with van der Waals surface area (Å²) in [5, 5.41) is 3.10. The van der Waals surface area contributed by atoms with Gasteiger partial charge in [0.05, 0.1) is 12.7 Å². The predicted molar refractivity (Wildman–Crippen MR) is 147 cm³/mol. The topological polar surface area (TPSA) is 102 Å². The van der Waals surface area contributed by atoms with Crippen molar-refractivity contribution in [3.05, 3.63) is 59.7 Å². The second-order valence-electron chi connectivity index (χ2n) is 11.8. The third kappa shape index (κ3) is 5.70. The molecule has 2 aromatic carbocycles. The smallest absolute Gasteiger partial charge is 0.338 e. The number of nitrogens with one attached hydrogen (secondary N) is 1. The highest BCUT2D eigenvalue weighted by Gasteiger charge is 2.53. The standard InChI is InChI=1S/C30H38N2O6S/c1-20(30-15-22-11-23(16-30)13-24(12-22)17-30)31-28(33)19-38-29(34)25-9-10-26(37-3)27(14-25)39(35,36)32(2)18-21-7-5-4-6-8-21/h4-10,14,20,22-24H,11-13,15-19H2,1-3H3,(H,31,33)/t20-,22?,23?,24?,30?/m1/s1. The van der Waals surface area contributed by atoms with E-state index in [1.54, 1.807) is 0 Å². The Morgan fingerprint density at radius 3 is 2.23 bits per heavy atom. The molecule has 8 nitrogen and oxygen atoms in total. The van der Waals surface area contributed by atoms with E-state index in [0.29, 0.717) is 0 Å². The van der Waals surface area contributed by atoms with Crippen molar-refractivity contribution in [2.75, 3.05) is 20.8 Å². The van der Waals surface area contributed by atoms with E-state index >= 15 is 0 Å². The highest BCUT2D eigenvalue weighted by molar-refractivity contribution is 7.89. The first-order valence-electron chi connectivity index (χ1n) is 13.7. The lowest BCUT2D eigenvalue weighted by molar-refractivity contribution is -0.128. The summed E-state index contributed by atoms with van der Waals surface area (Å²) in [5.41, 5.74) is 1.01. The molecule has 4 fully saturated rings. The number of carbonyl (C=O) groups is 2. The van der Waals surface area contributed by atoms with Crippen LogP contribution in [0.1, 0.15) is 61.4 Å². The Labute approximate surface area is 231 Å². The maximum absolute atomic E-state index is 13.4. The number of ether oxygens (including phenoxy) is 2. The van der Waals surface area contributed by atoms with Gasteiger partial charge >= 0.3 is 5.97 Å². The average molecular weight is 555 g/mol. The number of hydrogen-bond donors (Lipinski definition) is 1. The Balaban J connectivity index is 1.22. The van der Waals surface area contributed by atoms with Gasteiger partial charge in [-0.05, 0) is 92.4 Å². The molecule has 4 aliphatic carbocycles. The Morgan fingerprint density at radius 2 is 1.64 bits per heavy atom. The molecule has 4 saturated carbocycles.